The van der Waals surface area contributed by atoms with Crippen LogP contribution < -0.4 is 5.32 Å². The molecule has 1 amide bonds. The summed E-state index contributed by atoms with van der Waals surface area (Å²) < 4.78 is 0. The number of carbonyl (C=O) groups is 2. The van der Waals surface area contributed by atoms with Crippen molar-refractivity contribution in [3.8, 4) is 0 Å². The lowest BCUT2D eigenvalue weighted by Gasteiger charge is -2.13. The number of amides is 1. The Kier molecular flexibility index (Phi) is 6.64. The van der Waals surface area contributed by atoms with Gasteiger partial charge in [0.1, 0.15) is 0 Å². The number of hydrogen-bond acceptors (Lipinski definition) is 4. The number of nitrogens with one attached hydrogen (secondary N) is 1. The summed E-state index contributed by atoms with van der Waals surface area (Å²) in [7, 11) is 0. The van der Waals surface area contributed by atoms with Crippen LogP contribution in [0.5, 0.6) is 0 Å². The summed E-state index contributed by atoms with van der Waals surface area (Å²) in [6.07, 6.45) is 2.15. The smallest absolute Gasteiger partial charge is 0.355 e. The van der Waals surface area contributed by atoms with Crippen LogP contribution >= 0.6 is 11.3 Å². The summed E-state index contributed by atoms with van der Waals surface area (Å²) in [4.78, 5) is 26.4. The van der Waals surface area contributed by atoms with Crippen LogP contribution in [0.4, 0.5) is 0 Å². The van der Waals surface area contributed by atoms with Crippen LogP contribution in [0.25, 0.3) is 0 Å². The summed E-state index contributed by atoms with van der Waals surface area (Å²) >= 11 is 1.31. The maximum atomic E-state index is 11.7. The predicted molar refractivity (Wildman–Crippen MR) is 79.0 cm³/mol. The minimum absolute atomic E-state index is 0.0492. The largest absolute Gasteiger partial charge is 0.476 e. The third-order valence-electron chi connectivity index (χ3n) is 2.84. The van der Waals surface area contributed by atoms with Crippen molar-refractivity contribution in [3.05, 3.63) is 16.1 Å². The molecule has 0 aliphatic carbocycles. The Morgan fingerprint density at radius 2 is 2.10 bits per heavy atom. The van der Waals surface area contributed by atoms with E-state index >= 15 is 0 Å². The maximum Gasteiger partial charge on any atom is 0.355 e. The fraction of sp³-hybridized carbons (Fsp3) is 0.643. The Morgan fingerprint density at radius 1 is 1.40 bits per heavy atom. The van der Waals surface area contributed by atoms with Crippen molar-refractivity contribution in [1.82, 2.24) is 10.3 Å². The molecule has 1 rings (SSSR count). The molecule has 1 atom stereocenters. The van der Waals surface area contributed by atoms with E-state index in [1.54, 1.807) is 0 Å². The van der Waals surface area contributed by atoms with Gasteiger partial charge in [-0.25, -0.2) is 9.78 Å². The monoisotopic (exact) mass is 298 g/mol. The van der Waals surface area contributed by atoms with Gasteiger partial charge in [0.25, 0.3) is 0 Å². The van der Waals surface area contributed by atoms with Crippen molar-refractivity contribution < 1.29 is 14.7 Å². The van der Waals surface area contributed by atoms with Crippen LogP contribution in [-0.4, -0.2) is 28.5 Å². The molecule has 0 aromatic carbocycles. The second kappa shape index (κ2) is 7.99. The average Bonchev–Trinajstić information content (AvgIpc) is 2.76. The standard InChI is InChI=1S/C14H22N2O3S/c1-9(2)6-10(3)7-12(17)15-5-4-13-16-11(8-20-13)14(18)19/h8-10H,4-7H2,1-3H3,(H,15,17)(H,18,19). The van der Waals surface area contributed by atoms with Crippen molar-refractivity contribution in [2.45, 2.75) is 40.0 Å². The lowest BCUT2D eigenvalue weighted by Crippen LogP contribution is -2.27. The van der Waals surface area contributed by atoms with Gasteiger partial charge in [0, 0.05) is 24.8 Å². The molecule has 0 spiro atoms. The van der Waals surface area contributed by atoms with Crippen molar-refractivity contribution in [3.63, 3.8) is 0 Å². The van der Waals surface area contributed by atoms with E-state index in [2.05, 4.69) is 31.1 Å². The first-order valence-corrected chi connectivity index (χ1v) is 7.70. The number of thiazole rings is 1. The number of hydrogen-bond donors (Lipinski definition) is 2. The topological polar surface area (TPSA) is 79.3 Å². The molecule has 2 N–H and O–H groups in total. The zero-order valence-corrected chi connectivity index (χ0v) is 13.0. The number of carbonyl (C=O) groups excluding carboxylic acids is 1. The van der Waals surface area contributed by atoms with Crippen LogP contribution in [0.3, 0.4) is 0 Å². The molecular weight excluding hydrogens is 276 g/mol. The lowest BCUT2D eigenvalue weighted by atomic mass is 9.96. The second-order valence-corrected chi connectivity index (χ2v) is 6.41. The second-order valence-electron chi connectivity index (χ2n) is 5.47. The van der Waals surface area contributed by atoms with E-state index in [0.717, 1.165) is 11.4 Å². The van der Waals surface area contributed by atoms with E-state index in [1.807, 2.05) is 0 Å². The summed E-state index contributed by atoms with van der Waals surface area (Å²) in [5, 5.41) is 13.9. The number of carboxylic acid groups (broad SMARTS) is 1. The first kappa shape index (κ1) is 16.6. The Labute approximate surface area is 123 Å². The minimum atomic E-state index is -1.01. The maximum absolute atomic E-state index is 11.7. The Morgan fingerprint density at radius 3 is 2.65 bits per heavy atom. The molecule has 1 unspecified atom stereocenters. The summed E-state index contributed by atoms with van der Waals surface area (Å²) in [6.45, 7) is 6.88. The van der Waals surface area contributed by atoms with Gasteiger partial charge in [0.15, 0.2) is 5.69 Å². The van der Waals surface area contributed by atoms with Crippen LogP contribution in [0, 0.1) is 11.8 Å². The van der Waals surface area contributed by atoms with Gasteiger partial charge in [-0.05, 0) is 18.3 Å². The van der Waals surface area contributed by atoms with Crippen molar-refractivity contribution >= 4 is 23.2 Å². The molecule has 1 aromatic rings. The van der Waals surface area contributed by atoms with Gasteiger partial charge in [-0.15, -0.1) is 11.3 Å². The van der Waals surface area contributed by atoms with Gasteiger partial charge in [-0.1, -0.05) is 20.8 Å². The number of rotatable bonds is 8. The van der Waals surface area contributed by atoms with Crippen molar-refractivity contribution in [1.29, 1.82) is 0 Å². The molecule has 0 fully saturated rings. The van der Waals surface area contributed by atoms with Crippen LogP contribution in [0.2, 0.25) is 0 Å². The quantitative estimate of drug-likeness (QED) is 0.773. The summed E-state index contributed by atoms with van der Waals surface area (Å²) in [5.74, 6) is 0.0169. The Balaban J connectivity index is 2.26. The van der Waals surface area contributed by atoms with Gasteiger partial charge >= 0.3 is 5.97 Å². The number of carboxylic acids is 1. The van der Waals surface area contributed by atoms with Crippen LogP contribution in [0.1, 0.15) is 49.1 Å². The molecule has 112 valence electrons. The highest BCUT2D eigenvalue weighted by atomic mass is 32.1. The van der Waals surface area contributed by atoms with Gasteiger partial charge in [-0.3, -0.25) is 4.79 Å². The van der Waals surface area contributed by atoms with E-state index in [1.165, 1.54) is 16.7 Å². The highest BCUT2D eigenvalue weighted by molar-refractivity contribution is 7.09. The SMILES string of the molecule is CC(C)CC(C)CC(=O)NCCc1nc(C(=O)O)cs1. The van der Waals surface area contributed by atoms with Gasteiger partial charge < -0.3 is 10.4 Å². The molecule has 0 bridgehead atoms. The van der Waals surface area contributed by atoms with E-state index in [4.69, 9.17) is 5.11 Å². The molecule has 0 aliphatic rings. The molecule has 0 saturated heterocycles. The van der Waals surface area contributed by atoms with Crippen molar-refractivity contribution in [2.24, 2.45) is 11.8 Å². The lowest BCUT2D eigenvalue weighted by molar-refractivity contribution is -0.121. The van der Waals surface area contributed by atoms with Gasteiger partial charge in [-0.2, -0.15) is 0 Å². The number of nitrogens with zero attached hydrogens (tertiary/aromatic N) is 1. The average molecular weight is 298 g/mol. The van der Waals surface area contributed by atoms with Crippen LogP contribution in [-0.2, 0) is 11.2 Å². The van der Waals surface area contributed by atoms with E-state index in [0.29, 0.717) is 31.2 Å². The van der Waals surface area contributed by atoms with E-state index in [9.17, 15) is 9.59 Å². The molecule has 6 heteroatoms. The summed E-state index contributed by atoms with van der Waals surface area (Å²) in [5.41, 5.74) is 0.0712. The van der Waals surface area contributed by atoms with Gasteiger partial charge in [0.05, 0.1) is 5.01 Å². The molecule has 0 radical (unpaired) electrons. The molecule has 0 saturated carbocycles. The molecular formula is C14H22N2O3S. The zero-order valence-electron chi connectivity index (χ0n) is 12.2. The zero-order chi connectivity index (χ0) is 15.1. The highest BCUT2D eigenvalue weighted by Gasteiger charge is 2.11. The van der Waals surface area contributed by atoms with E-state index in [-0.39, 0.29) is 11.6 Å². The summed E-state index contributed by atoms with van der Waals surface area (Å²) in [6, 6.07) is 0. The first-order chi connectivity index (χ1) is 9.38. The third-order valence-corrected chi connectivity index (χ3v) is 3.75. The number of aromatic nitrogens is 1. The number of aromatic carboxylic acids is 1. The molecule has 20 heavy (non-hydrogen) atoms. The first-order valence-electron chi connectivity index (χ1n) is 6.83. The molecule has 1 heterocycles. The molecule has 0 aliphatic heterocycles. The fourth-order valence-electron chi connectivity index (χ4n) is 2.11. The van der Waals surface area contributed by atoms with Crippen molar-refractivity contribution in [2.75, 3.05) is 6.54 Å². The van der Waals surface area contributed by atoms with Gasteiger partial charge in [0.2, 0.25) is 5.91 Å². The van der Waals surface area contributed by atoms with E-state index < -0.39 is 5.97 Å². The Bertz CT molecular complexity index is 457. The predicted octanol–water partition coefficient (Wildman–Crippen LogP) is 2.57. The van der Waals surface area contributed by atoms with Crippen LogP contribution in [0.15, 0.2) is 5.38 Å². The Hall–Kier alpha value is -1.43. The minimum Gasteiger partial charge on any atom is -0.476 e. The highest BCUT2D eigenvalue weighted by Crippen LogP contribution is 2.14. The third kappa shape index (κ3) is 6.14. The molecule has 1 aromatic heterocycles. The fourth-order valence-corrected chi connectivity index (χ4v) is 2.88. The normalized spacial score (nSPS) is 12.4. The molecule has 5 nitrogen and oxygen atoms in total.